The first-order valence-corrected chi connectivity index (χ1v) is 12.1. The Morgan fingerprint density at radius 1 is 1.06 bits per heavy atom. The highest BCUT2D eigenvalue weighted by Crippen LogP contribution is 2.37. The standard InChI is InChI=1S/C27H29N7O2/c1-2-3-13-27(14-12-21(19-35)18-34(27)36)26-28-15-16-33(26)17-20-8-10-22(11-9-20)23-6-4-5-7-24(23)25-29-31-32-30-25/h4-12,14-16,18,35-36H,2-3,13,17,19H2,1H3,(H,29,30,31,32). The zero-order valence-electron chi connectivity index (χ0n) is 20.1. The second kappa shape index (κ2) is 10.3. The summed E-state index contributed by atoms with van der Waals surface area (Å²) in [5.41, 5.74) is 4.02. The third kappa shape index (κ3) is 4.46. The lowest BCUT2D eigenvalue weighted by Gasteiger charge is -2.39. The predicted molar refractivity (Wildman–Crippen MR) is 136 cm³/mol. The molecule has 0 fully saturated rings. The third-order valence-electron chi connectivity index (χ3n) is 6.61. The molecule has 1 aliphatic rings. The molecule has 9 nitrogen and oxygen atoms in total. The molecule has 2 aromatic heterocycles. The highest BCUT2D eigenvalue weighted by Gasteiger charge is 2.40. The number of aromatic amines is 1. The van der Waals surface area contributed by atoms with Crippen LogP contribution in [0.3, 0.4) is 0 Å². The molecular weight excluding hydrogens is 454 g/mol. The molecule has 1 atom stereocenters. The predicted octanol–water partition coefficient (Wildman–Crippen LogP) is 4.30. The Kier molecular flexibility index (Phi) is 6.75. The number of rotatable bonds is 9. The van der Waals surface area contributed by atoms with E-state index in [0.717, 1.165) is 40.9 Å². The molecule has 1 unspecified atom stereocenters. The van der Waals surface area contributed by atoms with E-state index < -0.39 is 5.54 Å². The average molecular weight is 484 g/mol. The Bertz CT molecular complexity index is 1360. The summed E-state index contributed by atoms with van der Waals surface area (Å²) in [6.07, 6.45) is 11.7. The fraction of sp³-hybridized carbons (Fsp3) is 0.259. The van der Waals surface area contributed by atoms with Crippen LogP contribution in [0.2, 0.25) is 0 Å². The number of aliphatic hydroxyl groups is 1. The molecule has 0 amide bonds. The van der Waals surface area contributed by atoms with Gasteiger partial charge < -0.3 is 9.67 Å². The topological polar surface area (TPSA) is 116 Å². The number of hydrogen-bond donors (Lipinski definition) is 3. The Hall–Kier alpha value is -4.08. The number of hydrogen-bond acceptors (Lipinski definition) is 7. The Labute approximate surface area is 209 Å². The number of tetrazole rings is 1. The molecule has 36 heavy (non-hydrogen) atoms. The molecule has 0 spiro atoms. The van der Waals surface area contributed by atoms with Gasteiger partial charge in [-0.25, -0.2) is 15.1 Å². The summed E-state index contributed by atoms with van der Waals surface area (Å²) < 4.78 is 2.07. The molecule has 184 valence electrons. The third-order valence-corrected chi connectivity index (χ3v) is 6.61. The Balaban J connectivity index is 1.43. The van der Waals surface area contributed by atoms with Crippen LogP contribution in [0.1, 0.15) is 37.6 Å². The van der Waals surface area contributed by atoms with E-state index in [1.165, 1.54) is 5.06 Å². The SMILES string of the molecule is CCCCC1(c2nccn2Cc2ccc(-c3ccccc3-c3nnn[nH]3)cc2)C=CC(CO)=CN1O. The zero-order valence-corrected chi connectivity index (χ0v) is 20.1. The Morgan fingerprint density at radius 3 is 2.56 bits per heavy atom. The van der Waals surface area contributed by atoms with E-state index in [4.69, 9.17) is 0 Å². The first kappa shape index (κ1) is 23.7. The highest BCUT2D eigenvalue weighted by molar-refractivity contribution is 5.80. The molecule has 9 heteroatoms. The smallest absolute Gasteiger partial charge is 0.180 e. The van der Waals surface area contributed by atoms with Crippen LogP contribution in [-0.2, 0) is 12.1 Å². The van der Waals surface area contributed by atoms with Crippen LogP contribution in [-0.4, -0.2) is 52.2 Å². The van der Waals surface area contributed by atoms with E-state index in [1.54, 1.807) is 12.4 Å². The number of aliphatic hydroxyl groups excluding tert-OH is 1. The molecule has 2 aromatic carbocycles. The summed E-state index contributed by atoms with van der Waals surface area (Å²) in [5.74, 6) is 1.39. The van der Waals surface area contributed by atoms with Gasteiger partial charge in [-0.05, 0) is 45.2 Å². The van der Waals surface area contributed by atoms with E-state index in [-0.39, 0.29) is 6.61 Å². The highest BCUT2D eigenvalue weighted by atomic mass is 16.5. The maximum Gasteiger partial charge on any atom is 0.180 e. The molecule has 0 saturated heterocycles. The van der Waals surface area contributed by atoms with Crippen molar-refractivity contribution in [2.75, 3.05) is 6.61 Å². The number of aromatic nitrogens is 6. The van der Waals surface area contributed by atoms with Crippen LogP contribution in [0.25, 0.3) is 22.5 Å². The van der Waals surface area contributed by atoms with E-state index >= 15 is 0 Å². The maximum absolute atomic E-state index is 11.0. The molecule has 1 aliphatic heterocycles. The van der Waals surface area contributed by atoms with Crippen molar-refractivity contribution in [1.29, 1.82) is 0 Å². The van der Waals surface area contributed by atoms with E-state index in [0.29, 0.717) is 24.4 Å². The lowest BCUT2D eigenvalue weighted by atomic mass is 9.87. The van der Waals surface area contributed by atoms with Crippen molar-refractivity contribution in [3.05, 3.63) is 96.2 Å². The van der Waals surface area contributed by atoms with Gasteiger partial charge in [0.2, 0.25) is 0 Å². The fourth-order valence-corrected chi connectivity index (χ4v) is 4.68. The Morgan fingerprint density at radius 2 is 1.86 bits per heavy atom. The fourth-order valence-electron chi connectivity index (χ4n) is 4.68. The van der Waals surface area contributed by atoms with Crippen molar-refractivity contribution in [2.24, 2.45) is 0 Å². The first-order chi connectivity index (χ1) is 17.6. The summed E-state index contributed by atoms with van der Waals surface area (Å²) in [5, 5.41) is 36.0. The number of nitrogens with zero attached hydrogens (tertiary/aromatic N) is 6. The van der Waals surface area contributed by atoms with Gasteiger partial charge in [0.05, 0.1) is 6.61 Å². The van der Waals surface area contributed by atoms with E-state index in [2.05, 4.69) is 67.4 Å². The number of imidazole rings is 1. The summed E-state index contributed by atoms with van der Waals surface area (Å²) >= 11 is 0. The lowest BCUT2D eigenvalue weighted by molar-refractivity contribution is -0.125. The first-order valence-electron chi connectivity index (χ1n) is 12.1. The number of nitrogens with one attached hydrogen (secondary N) is 1. The van der Waals surface area contributed by atoms with Gasteiger partial charge in [0.1, 0.15) is 11.4 Å². The molecule has 0 radical (unpaired) electrons. The van der Waals surface area contributed by atoms with Crippen LogP contribution in [0, 0.1) is 0 Å². The minimum absolute atomic E-state index is 0.131. The minimum atomic E-state index is -0.790. The van der Waals surface area contributed by atoms with Crippen LogP contribution in [0.15, 0.2) is 84.8 Å². The van der Waals surface area contributed by atoms with Gasteiger partial charge in [0, 0.05) is 30.7 Å². The van der Waals surface area contributed by atoms with Gasteiger partial charge in [-0.15, -0.1) is 5.10 Å². The summed E-state index contributed by atoms with van der Waals surface area (Å²) in [7, 11) is 0. The van der Waals surface area contributed by atoms with Crippen molar-refractivity contribution in [3.8, 4) is 22.5 Å². The van der Waals surface area contributed by atoms with Gasteiger partial charge in [-0.1, -0.05) is 74.4 Å². The quantitative estimate of drug-likeness (QED) is 0.325. The van der Waals surface area contributed by atoms with Crippen LogP contribution < -0.4 is 0 Å². The summed E-state index contributed by atoms with van der Waals surface area (Å²) in [6, 6.07) is 16.4. The number of benzene rings is 2. The monoisotopic (exact) mass is 483 g/mol. The maximum atomic E-state index is 11.0. The van der Waals surface area contributed by atoms with E-state index in [9.17, 15) is 10.3 Å². The van der Waals surface area contributed by atoms with Gasteiger partial charge in [0.15, 0.2) is 5.82 Å². The largest absolute Gasteiger partial charge is 0.392 e. The van der Waals surface area contributed by atoms with Crippen LogP contribution in [0.5, 0.6) is 0 Å². The van der Waals surface area contributed by atoms with Crippen molar-refractivity contribution in [3.63, 3.8) is 0 Å². The number of unbranched alkanes of at least 4 members (excludes halogenated alkanes) is 1. The zero-order chi connectivity index (χ0) is 25.0. The van der Waals surface area contributed by atoms with Gasteiger partial charge >= 0.3 is 0 Å². The summed E-state index contributed by atoms with van der Waals surface area (Å²) in [6.45, 7) is 2.60. The normalized spacial score (nSPS) is 17.4. The lowest BCUT2D eigenvalue weighted by Crippen LogP contribution is -2.43. The second-order valence-electron chi connectivity index (χ2n) is 8.94. The number of H-pyrrole nitrogens is 1. The molecule has 3 N–H and O–H groups in total. The van der Waals surface area contributed by atoms with Crippen molar-refractivity contribution < 1.29 is 10.3 Å². The van der Waals surface area contributed by atoms with Gasteiger partial charge in [0.25, 0.3) is 0 Å². The van der Waals surface area contributed by atoms with Crippen LogP contribution >= 0.6 is 0 Å². The molecule has 4 aromatic rings. The summed E-state index contributed by atoms with van der Waals surface area (Å²) in [4.78, 5) is 4.66. The van der Waals surface area contributed by atoms with Crippen molar-refractivity contribution >= 4 is 0 Å². The van der Waals surface area contributed by atoms with Crippen LogP contribution in [0.4, 0.5) is 0 Å². The van der Waals surface area contributed by atoms with Crippen molar-refractivity contribution in [1.82, 2.24) is 35.2 Å². The minimum Gasteiger partial charge on any atom is -0.392 e. The van der Waals surface area contributed by atoms with Crippen molar-refractivity contribution in [2.45, 2.75) is 38.3 Å². The molecule has 3 heterocycles. The molecule has 5 rings (SSSR count). The van der Waals surface area contributed by atoms with Gasteiger partial charge in [-0.3, -0.25) is 5.21 Å². The van der Waals surface area contributed by atoms with Gasteiger partial charge in [-0.2, -0.15) is 0 Å². The molecular formula is C27H29N7O2. The average Bonchev–Trinajstić information content (AvgIpc) is 3.62. The number of hydroxylamine groups is 2. The second-order valence-corrected chi connectivity index (χ2v) is 8.94. The molecule has 0 bridgehead atoms. The molecule has 0 saturated carbocycles. The van der Waals surface area contributed by atoms with E-state index in [1.807, 2.05) is 36.5 Å². The molecule has 0 aliphatic carbocycles.